The molecule has 0 saturated carbocycles. The minimum atomic E-state index is 0.856. The number of hydrogen-bond acceptors (Lipinski definition) is 2. The third-order valence-corrected chi connectivity index (χ3v) is 5.52. The predicted octanol–water partition coefficient (Wildman–Crippen LogP) is 5.86. The van der Waals surface area contributed by atoms with Crippen molar-refractivity contribution in [3.63, 3.8) is 0 Å². The second-order valence-corrected chi connectivity index (χ2v) is 7.61. The lowest BCUT2D eigenvalue weighted by molar-refractivity contribution is 0.159. The molecule has 0 bridgehead atoms. The number of likely N-dealkylation sites (tertiary alicyclic amines) is 1. The maximum absolute atomic E-state index is 2.65. The van der Waals surface area contributed by atoms with Crippen molar-refractivity contribution in [3.05, 3.63) is 29.8 Å². The highest BCUT2D eigenvalue weighted by atomic mass is 15.1. The first kappa shape index (κ1) is 22.0. The van der Waals surface area contributed by atoms with Gasteiger partial charge >= 0.3 is 0 Å². The summed E-state index contributed by atoms with van der Waals surface area (Å²) in [4.78, 5) is 5.02. The zero-order valence-corrected chi connectivity index (χ0v) is 17.7. The van der Waals surface area contributed by atoms with E-state index in [-0.39, 0.29) is 0 Å². The zero-order chi connectivity index (χ0) is 18.7. The standard InChI is InChI=1S/C21H36N2.C2H6/c1-5-6-14-22(4)21-9-7-19(8-10-21)11-15-23-16-12-20(13-17-23)18(2)3;1-2/h7-10,18,20H,5-6,11-17H2,1-4H3;1-2H3. The summed E-state index contributed by atoms with van der Waals surface area (Å²) in [5, 5.41) is 0. The van der Waals surface area contributed by atoms with Crippen LogP contribution in [0.1, 0.15) is 65.9 Å². The van der Waals surface area contributed by atoms with Crippen molar-refractivity contribution in [2.24, 2.45) is 11.8 Å². The van der Waals surface area contributed by atoms with E-state index >= 15 is 0 Å². The van der Waals surface area contributed by atoms with Crippen molar-refractivity contribution < 1.29 is 0 Å². The summed E-state index contributed by atoms with van der Waals surface area (Å²) >= 11 is 0. The maximum atomic E-state index is 2.65. The fourth-order valence-electron chi connectivity index (χ4n) is 3.57. The van der Waals surface area contributed by atoms with Gasteiger partial charge in [0, 0.05) is 25.8 Å². The first-order valence-corrected chi connectivity index (χ1v) is 10.6. The molecule has 144 valence electrons. The van der Waals surface area contributed by atoms with E-state index in [1.807, 2.05) is 13.8 Å². The molecule has 1 heterocycles. The van der Waals surface area contributed by atoms with Crippen molar-refractivity contribution in [2.75, 3.05) is 38.1 Å². The average molecular weight is 347 g/mol. The highest BCUT2D eigenvalue weighted by molar-refractivity contribution is 5.46. The molecular formula is C23H42N2. The summed E-state index contributed by atoms with van der Waals surface area (Å²) in [6.07, 6.45) is 6.49. The molecule has 0 N–H and O–H groups in total. The van der Waals surface area contributed by atoms with E-state index in [1.54, 1.807) is 0 Å². The van der Waals surface area contributed by atoms with Crippen LogP contribution in [0.5, 0.6) is 0 Å². The third kappa shape index (κ3) is 7.81. The Morgan fingerprint density at radius 1 is 1.08 bits per heavy atom. The van der Waals surface area contributed by atoms with Gasteiger partial charge in [0.05, 0.1) is 0 Å². The van der Waals surface area contributed by atoms with E-state index in [1.165, 1.54) is 63.0 Å². The topological polar surface area (TPSA) is 6.48 Å². The Bertz CT molecular complexity index is 430. The summed E-state index contributed by atoms with van der Waals surface area (Å²) in [5.74, 6) is 1.80. The minimum Gasteiger partial charge on any atom is -0.375 e. The quantitative estimate of drug-likeness (QED) is 0.581. The fourth-order valence-corrected chi connectivity index (χ4v) is 3.57. The molecule has 0 spiro atoms. The summed E-state index contributed by atoms with van der Waals surface area (Å²) in [6.45, 7) is 16.0. The highest BCUT2D eigenvalue weighted by Crippen LogP contribution is 2.24. The average Bonchev–Trinajstić information content (AvgIpc) is 2.66. The molecule has 25 heavy (non-hydrogen) atoms. The molecule has 0 amide bonds. The second kappa shape index (κ2) is 12.4. The lowest BCUT2D eigenvalue weighted by Crippen LogP contribution is -2.36. The molecule has 1 aliphatic heterocycles. The van der Waals surface area contributed by atoms with Crippen molar-refractivity contribution in [1.82, 2.24) is 4.90 Å². The van der Waals surface area contributed by atoms with E-state index in [2.05, 4.69) is 61.9 Å². The zero-order valence-electron chi connectivity index (χ0n) is 17.7. The number of piperidine rings is 1. The lowest BCUT2D eigenvalue weighted by Gasteiger charge is -2.33. The molecule has 1 fully saturated rings. The van der Waals surface area contributed by atoms with Gasteiger partial charge < -0.3 is 9.80 Å². The van der Waals surface area contributed by atoms with Gasteiger partial charge in [-0.25, -0.2) is 0 Å². The van der Waals surface area contributed by atoms with E-state index in [9.17, 15) is 0 Å². The monoisotopic (exact) mass is 346 g/mol. The van der Waals surface area contributed by atoms with Crippen molar-refractivity contribution in [1.29, 1.82) is 0 Å². The van der Waals surface area contributed by atoms with Gasteiger partial charge in [-0.15, -0.1) is 0 Å². The summed E-state index contributed by atoms with van der Waals surface area (Å²) in [7, 11) is 2.20. The molecule has 1 aliphatic rings. The van der Waals surface area contributed by atoms with Crippen LogP contribution in [0.15, 0.2) is 24.3 Å². The maximum Gasteiger partial charge on any atom is 0.0363 e. The van der Waals surface area contributed by atoms with Gasteiger partial charge in [-0.05, 0) is 68.3 Å². The molecule has 0 aromatic heterocycles. The van der Waals surface area contributed by atoms with Crippen LogP contribution in [0.3, 0.4) is 0 Å². The minimum absolute atomic E-state index is 0.856. The van der Waals surface area contributed by atoms with Gasteiger partial charge in [0.15, 0.2) is 0 Å². The Hall–Kier alpha value is -1.02. The van der Waals surface area contributed by atoms with Crippen LogP contribution in [-0.4, -0.2) is 38.1 Å². The summed E-state index contributed by atoms with van der Waals surface area (Å²) < 4.78 is 0. The number of rotatable bonds is 8. The van der Waals surface area contributed by atoms with Gasteiger partial charge in [-0.1, -0.05) is 53.2 Å². The number of hydrogen-bond donors (Lipinski definition) is 0. The molecule has 1 saturated heterocycles. The Morgan fingerprint density at radius 2 is 1.68 bits per heavy atom. The van der Waals surface area contributed by atoms with E-state index in [4.69, 9.17) is 0 Å². The predicted molar refractivity (Wildman–Crippen MR) is 114 cm³/mol. The number of benzene rings is 1. The second-order valence-electron chi connectivity index (χ2n) is 7.61. The highest BCUT2D eigenvalue weighted by Gasteiger charge is 2.21. The molecule has 2 heteroatoms. The van der Waals surface area contributed by atoms with Gasteiger partial charge in [0.25, 0.3) is 0 Å². The molecule has 0 atom stereocenters. The molecule has 0 aliphatic carbocycles. The molecule has 2 rings (SSSR count). The third-order valence-electron chi connectivity index (χ3n) is 5.52. The van der Waals surface area contributed by atoms with Gasteiger partial charge in [-0.2, -0.15) is 0 Å². The van der Waals surface area contributed by atoms with E-state index in [0.29, 0.717) is 0 Å². The Balaban J connectivity index is 0.00000151. The SMILES string of the molecule is CC.CCCCN(C)c1ccc(CCN2CCC(C(C)C)CC2)cc1. The van der Waals surface area contributed by atoms with Crippen LogP contribution in [0.25, 0.3) is 0 Å². The van der Waals surface area contributed by atoms with Crippen LogP contribution >= 0.6 is 0 Å². The van der Waals surface area contributed by atoms with Crippen LogP contribution in [0.2, 0.25) is 0 Å². The molecule has 1 aromatic rings. The van der Waals surface area contributed by atoms with Gasteiger partial charge in [-0.3, -0.25) is 0 Å². The lowest BCUT2D eigenvalue weighted by atomic mass is 9.86. The van der Waals surface area contributed by atoms with Crippen LogP contribution in [0, 0.1) is 11.8 Å². The smallest absolute Gasteiger partial charge is 0.0363 e. The first-order chi connectivity index (χ1) is 12.1. The molecular weight excluding hydrogens is 304 g/mol. The van der Waals surface area contributed by atoms with E-state index in [0.717, 1.165) is 18.4 Å². The van der Waals surface area contributed by atoms with Crippen molar-refractivity contribution in [2.45, 2.75) is 66.7 Å². The first-order valence-electron chi connectivity index (χ1n) is 10.6. The largest absolute Gasteiger partial charge is 0.375 e. The fraction of sp³-hybridized carbons (Fsp3) is 0.739. The molecule has 1 aromatic carbocycles. The van der Waals surface area contributed by atoms with Gasteiger partial charge in [0.1, 0.15) is 0 Å². The Kier molecular flexibility index (Phi) is 10.9. The number of nitrogens with zero attached hydrogens (tertiary/aromatic N) is 2. The Labute approximate surface area is 157 Å². The van der Waals surface area contributed by atoms with Gasteiger partial charge in [0.2, 0.25) is 0 Å². The summed E-state index contributed by atoms with van der Waals surface area (Å²) in [6, 6.07) is 9.21. The van der Waals surface area contributed by atoms with Crippen LogP contribution < -0.4 is 4.90 Å². The molecule has 2 nitrogen and oxygen atoms in total. The van der Waals surface area contributed by atoms with Crippen LogP contribution in [0.4, 0.5) is 5.69 Å². The molecule has 0 radical (unpaired) electrons. The van der Waals surface area contributed by atoms with E-state index < -0.39 is 0 Å². The van der Waals surface area contributed by atoms with Crippen molar-refractivity contribution >= 4 is 5.69 Å². The number of unbranched alkanes of at least 4 members (excludes halogenated alkanes) is 1. The van der Waals surface area contributed by atoms with Crippen molar-refractivity contribution in [3.8, 4) is 0 Å². The Morgan fingerprint density at radius 3 is 2.20 bits per heavy atom. The normalized spacial score (nSPS) is 15.8. The number of anilines is 1. The molecule has 0 unspecified atom stereocenters. The van der Waals surface area contributed by atoms with Crippen LogP contribution in [-0.2, 0) is 6.42 Å². The summed E-state index contributed by atoms with van der Waals surface area (Å²) in [5.41, 5.74) is 2.82.